The van der Waals surface area contributed by atoms with Crippen molar-refractivity contribution in [3.8, 4) is 5.88 Å². The fraction of sp³-hybridized carbons (Fsp3) is 0.643. The Kier molecular flexibility index (Phi) is 4.03. The van der Waals surface area contributed by atoms with Crippen LogP contribution in [0.25, 0.3) is 0 Å². The average Bonchev–Trinajstić information content (AvgIpc) is 2.89. The van der Waals surface area contributed by atoms with Crippen molar-refractivity contribution in [3.05, 3.63) is 18.1 Å². The summed E-state index contributed by atoms with van der Waals surface area (Å²) in [5, 5.41) is 3.33. The van der Waals surface area contributed by atoms with Crippen LogP contribution < -0.4 is 10.1 Å². The molecule has 1 N–H and O–H groups in total. The van der Waals surface area contributed by atoms with E-state index in [9.17, 15) is 4.79 Å². The van der Waals surface area contributed by atoms with Gasteiger partial charge in [0, 0.05) is 18.7 Å². The molecule has 0 aliphatic carbocycles. The van der Waals surface area contributed by atoms with E-state index >= 15 is 0 Å². The smallest absolute Gasteiger partial charge is 0.376 e. The summed E-state index contributed by atoms with van der Waals surface area (Å²) in [5.41, 5.74) is -0.0614. The SMILES string of the molecule is COC(=O)c1nccc(OC2COC3(CCNCC3)C2)n1. The number of nitrogens with one attached hydrogen (secondary N) is 1. The molecule has 2 fully saturated rings. The van der Waals surface area contributed by atoms with Gasteiger partial charge in [-0.15, -0.1) is 0 Å². The molecule has 2 aliphatic heterocycles. The number of hydrogen-bond acceptors (Lipinski definition) is 7. The first-order valence-electron chi connectivity index (χ1n) is 7.13. The highest BCUT2D eigenvalue weighted by molar-refractivity contribution is 5.84. The van der Waals surface area contributed by atoms with E-state index in [0.717, 1.165) is 32.4 Å². The molecule has 1 aromatic rings. The molecule has 7 heteroatoms. The van der Waals surface area contributed by atoms with Crippen LogP contribution in [-0.2, 0) is 9.47 Å². The van der Waals surface area contributed by atoms with E-state index in [4.69, 9.17) is 9.47 Å². The first kappa shape index (κ1) is 14.2. The minimum absolute atomic E-state index is 0.00509. The van der Waals surface area contributed by atoms with Gasteiger partial charge in [-0.25, -0.2) is 9.78 Å². The predicted molar refractivity (Wildman–Crippen MR) is 73.2 cm³/mol. The van der Waals surface area contributed by atoms with E-state index in [0.29, 0.717) is 12.5 Å². The Labute approximate surface area is 123 Å². The maximum Gasteiger partial charge on any atom is 0.376 e. The van der Waals surface area contributed by atoms with Crippen LogP contribution in [0.4, 0.5) is 0 Å². The van der Waals surface area contributed by atoms with Crippen LogP contribution in [0.2, 0.25) is 0 Å². The third kappa shape index (κ3) is 3.14. The van der Waals surface area contributed by atoms with Gasteiger partial charge >= 0.3 is 5.97 Å². The molecule has 3 heterocycles. The van der Waals surface area contributed by atoms with Crippen LogP contribution in [0.5, 0.6) is 5.88 Å². The molecular formula is C14H19N3O4. The van der Waals surface area contributed by atoms with Gasteiger partial charge in [-0.2, -0.15) is 4.98 Å². The summed E-state index contributed by atoms with van der Waals surface area (Å²) >= 11 is 0. The highest BCUT2D eigenvalue weighted by atomic mass is 16.6. The Hall–Kier alpha value is -1.73. The number of aromatic nitrogens is 2. The van der Waals surface area contributed by atoms with Crippen molar-refractivity contribution in [1.29, 1.82) is 0 Å². The summed E-state index contributed by atoms with van der Waals surface area (Å²) in [6.07, 6.45) is 4.31. The van der Waals surface area contributed by atoms with Gasteiger partial charge in [0.25, 0.3) is 0 Å². The van der Waals surface area contributed by atoms with Gasteiger partial charge in [-0.3, -0.25) is 0 Å². The van der Waals surface area contributed by atoms with Gasteiger partial charge in [0.05, 0.1) is 19.3 Å². The first-order valence-corrected chi connectivity index (χ1v) is 7.13. The zero-order chi connectivity index (χ0) is 14.7. The molecule has 0 saturated carbocycles. The van der Waals surface area contributed by atoms with Crippen molar-refractivity contribution in [2.24, 2.45) is 0 Å². The molecule has 0 amide bonds. The number of hydrogen-bond donors (Lipinski definition) is 1. The van der Waals surface area contributed by atoms with E-state index in [-0.39, 0.29) is 17.5 Å². The third-order valence-electron chi connectivity index (χ3n) is 3.98. The molecule has 2 saturated heterocycles. The van der Waals surface area contributed by atoms with Crippen molar-refractivity contribution in [3.63, 3.8) is 0 Å². The van der Waals surface area contributed by atoms with Crippen LogP contribution in [0.1, 0.15) is 29.9 Å². The molecule has 1 atom stereocenters. The topological polar surface area (TPSA) is 82.6 Å². The van der Waals surface area contributed by atoms with Gasteiger partial charge < -0.3 is 19.5 Å². The quantitative estimate of drug-likeness (QED) is 0.815. The second kappa shape index (κ2) is 5.95. The van der Waals surface area contributed by atoms with E-state index in [2.05, 4.69) is 20.0 Å². The van der Waals surface area contributed by atoms with Crippen molar-refractivity contribution in [2.75, 3.05) is 26.8 Å². The lowest BCUT2D eigenvalue weighted by atomic mass is 9.89. The molecule has 2 aliphatic rings. The second-order valence-electron chi connectivity index (χ2n) is 5.40. The lowest BCUT2D eigenvalue weighted by molar-refractivity contribution is -0.0205. The standard InChI is InChI=1S/C14H19N3O4/c1-19-13(18)12-16-5-2-11(17-12)21-10-8-14(20-9-10)3-6-15-7-4-14/h2,5,10,15H,3-4,6-9H2,1H3. The van der Waals surface area contributed by atoms with Crippen LogP contribution in [0.3, 0.4) is 0 Å². The Balaban J connectivity index is 1.63. The highest BCUT2D eigenvalue weighted by Gasteiger charge is 2.42. The fourth-order valence-electron chi connectivity index (χ4n) is 2.88. The summed E-state index contributed by atoms with van der Waals surface area (Å²) in [7, 11) is 1.30. The largest absolute Gasteiger partial charge is 0.472 e. The van der Waals surface area contributed by atoms with Gasteiger partial charge in [0.15, 0.2) is 0 Å². The van der Waals surface area contributed by atoms with Crippen LogP contribution >= 0.6 is 0 Å². The van der Waals surface area contributed by atoms with Crippen LogP contribution in [0, 0.1) is 0 Å². The average molecular weight is 293 g/mol. The van der Waals surface area contributed by atoms with Gasteiger partial charge in [0.2, 0.25) is 11.7 Å². The van der Waals surface area contributed by atoms with Crippen LogP contribution in [0.15, 0.2) is 12.3 Å². The van der Waals surface area contributed by atoms with Crippen molar-refractivity contribution in [2.45, 2.75) is 31.0 Å². The van der Waals surface area contributed by atoms with Crippen molar-refractivity contribution >= 4 is 5.97 Å². The van der Waals surface area contributed by atoms with E-state index in [1.54, 1.807) is 6.07 Å². The summed E-state index contributed by atoms with van der Waals surface area (Å²) in [4.78, 5) is 19.3. The normalized spacial score (nSPS) is 24.0. The van der Waals surface area contributed by atoms with Crippen molar-refractivity contribution in [1.82, 2.24) is 15.3 Å². The molecule has 0 radical (unpaired) electrons. The summed E-state index contributed by atoms with van der Waals surface area (Å²) in [6.45, 7) is 2.51. The molecule has 7 nitrogen and oxygen atoms in total. The molecule has 21 heavy (non-hydrogen) atoms. The predicted octanol–water partition coefficient (Wildman–Crippen LogP) is 0.553. The maximum atomic E-state index is 11.4. The number of piperidine rings is 1. The van der Waals surface area contributed by atoms with Gasteiger partial charge in [-0.1, -0.05) is 0 Å². The number of methoxy groups -OCH3 is 1. The van der Waals surface area contributed by atoms with E-state index < -0.39 is 5.97 Å². The highest BCUT2D eigenvalue weighted by Crippen LogP contribution is 2.35. The Morgan fingerprint density at radius 3 is 3.05 bits per heavy atom. The minimum atomic E-state index is -0.571. The number of carbonyl (C=O) groups is 1. The first-order chi connectivity index (χ1) is 10.2. The van der Waals surface area contributed by atoms with Crippen LogP contribution in [-0.4, -0.2) is 54.4 Å². The molecule has 1 aromatic heterocycles. The molecule has 0 aromatic carbocycles. The lowest BCUT2D eigenvalue weighted by Crippen LogP contribution is -2.41. The van der Waals surface area contributed by atoms with Gasteiger partial charge in [-0.05, 0) is 25.9 Å². The Morgan fingerprint density at radius 1 is 1.48 bits per heavy atom. The van der Waals surface area contributed by atoms with E-state index in [1.165, 1.54) is 13.3 Å². The number of esters is 1. The number of ether oxygens (including phenoxy) is 3. The second-order valence-corrected chi connectivity index (χ2v) is 5.40. The molecule has 1 spiro atoms. The zero-order valence-electron chi connectivity index (χ0n) is 12.0. The molecular weight excluding hydrogens is 274 g/mol. The Morgan fingerprint density at radius 2 is 2.29 bits per heavy atom. The maximum absolute atomic E-state index is 11.4. The lowest BCUT2D eigenvalue weighted by Gasteiger charge is -2.32. The summed E-state index contributed by atoms with van der Waals surface area (Å²) in [5.74, 6) is -0.187. The number of nitrogens with zero attached hydrogens (tertiary/aromatic N) is 2. The monoisotopic (exact) mass is 293 g/mol. The number of carbonyl (C=O) groups excluding carboxylic acids is 1. The fourth-order valence-corrected chi connectivity index (χ4v) is 2.88. The number of rotatable bonds is 3. The van der Waals surface area contributed by atoms with Crippen molar-refractivity contribution < 1.29 is 19.0 Å². The Bertz CT molecular complexity index is 517. The molecule has 114 valence electrons. The third-order valence-corrected chi connectivity index (χ3v) is 3.98. The van der Waals surface area contributed by atoms with E-state index in [1.807, 2.05) is 0 Å². The molecule has 1 unspecified atom stereocenters. The minimum Gasteiger partial charge on any atom is -0.472 e. The summed E-state index contributed by atoms with van der Waals surface area (Å²) < 4.78 is 16.4. The molecule has 3 rings (SSSR count). The molecule has 0 bridgehead atoms. The summed E-state index contributed by atoms with van der Waals surface area (Å²) in [6, 6.07) is 1.64. The van der Waals surface area contributed by atoms with Gasteiger partial charge in [0.1, 0.15) is 6.10 Å². The zero-order valence-corrected chi connectivity index (χ0v) is 12.0.